The lowest BCUT2D eigenvalue weighted by atomic mass is 10.1. The van der Waals surface area contributed by atoms with Crippen LogP contribution in [0.5, 0.6) is 0 Å². The number of halogens is 3. The summed E-state index contributed by atoms with van der Waals surface area (Å²) in [5.74, 6) is 0. The summed E-state index contributed by atoms with van der Waals surface area (Å²) in [6, 6.07) is 4.90. The summed E-state index contributed by atoms with van der Waals surface area (Å²) in [7, 11) is -3.93. The first kappa shape index (κ1) is 16.8. The second kappa shape index (κ2) is 5.61. The maximum atomic E-state index is 12.6. The van der Waals surface area contributed by atoms with E-state index in [1.54, 1.807) is 13.8 Å². The van der Waals surface area contributed by atoms with E-state index in [1.165, 1.54) is 25.3 Å². The molecule has 0 bridgehead atoms. The maximum Gasteiger partial charge on any atom is 0.501 e. The van der Waals surface area contributed by atoms with Crippen LogP contribution >= 0.6 is 0 Å². The van der Waals surface area contributed by atoms with Crippen molar-refractivity contribution in [3.05, 3.63) is 24.3 Å². The quantitative estimate of drug-likeness (QED) is 0.908. The van der Waals surface area contributed by atoms with E-state index in [4.69, 9.17) is 4.74 Å². The number of methoxy groups -OCH3 is 1. The van der Waals surface area contributed by atoms with Crippen LogP contribution < -0.4 is 5.32 Å². The Hall–Kier alpha value is -1.28. The highest BCUT2D eigenvalue weighted by atomic mass is 32.2. The van der Waals surface area contributed by atoms with E-state index in [1.807, 2.05) is 0 Å². The Morgan fingerprint density at radius 2 is 1.75 bits per heavy atom. The summed E-state index contributed by atoms with van der Waals surface area (Å²) in [6.45, 7) is 3.61. The molecule has 0 aliphatic heterocycles. The Morgan fingerprint density at radius 3 is 2.25 bits per heavy atom. The second-order valence-corrected chi connectivity index (χ2v) is 6.67. The Kier molecular flexibility index (Phi) is 4.70. The van der Waals surface area contributed by atoms with E-state index in [0.29, 0.717) is 0 Å². The van der Waals surface area contributed by atoms with Crippen molar-refractivity contribution in [2.75, 3.05) is 19.0 Å². The minimum absolute atomic E-state index is 0.102. The molecule has 1 aromatic rings. The van der Waals surface area contributed by atoms with Crippen LogP contribution in [-0.4, -0.2) is 33.2 Å². The molecule has 0 amide bonds. The molecule has 0 aliphatic rings. The van der Waals surface area contributed by atoms with Crippen molar-refractivity contribution in [3.8, 4) is 0 Å². The Morgan fingerprint density at radius 1 is 1.20 bits per heavy atom. The molecular weight excluding hydrogens is 295 g/mol. The van der Waals surface area contributed by atoms with Gasteiger partial charge in [-0.05, 0) is 26.0 Å². The number of rotatable bonds is 5. The SMILES string of the molecule is COC(C)(C)CNc1ccccc1S(=O)(=O)C(F)(F)F. The molecular formula is C12H16F3NO3S. The van der Waals surface area contributed by atoms with Gasteiger partial charge in [0.1, 0.15) is 0 Å². The molecule has 0 aliphatic carbocycles. The van der Waals surface area contributed by atoms with E-state index in [2.05, 4.69) is 5.32 Å². The number of anilines is 1. The fourth-order valence-electron chi connectivity index (χ4n) is 1.35. The number of benzene rings is 1. The number of alkyl halides is 3. The molecule has 1 aromatic carbocycles. The average Bonchev–Trinajstić information content (AvgIpc) is 2.35. The molecule has 114 valence electrons. The number of para-hydroxylation sites is 1. The van der Waals surface area contributed by atoms with Crippen molar-refractivity contribution in [1.82, 2.24) is 0 Å². The third-order valence-electron chi connectivity index (χ3n) is 2.74. The van der Waals surface area contributed by atoms with E-state index in [9.17, 15) is 21.6 Å². The topological polar surface area (TPSA) is 55.4 Å². The molecule has 20 heavy (non-hydrogen) atoms. The van der Waals surface area contributed by atoms with Crippen LogP contribution in [-0.2, 0) is 14.6 Å². The molecule has 1 rings (SSSR count). The van der Waals surface area contributed by atoms with Crippen molar-refractivity contribution in [2.24, 2.45) is 0 Å². The highest BCUT2D eigenvalue weighted by Gasteiger charge is 2.47. The van der Waals surface area contributed by atoms with Crippen LogP contribution in [0.2, 0.25) is 0 Å². The normalized spacial score (nSPS) is 13.3. The lowest BCUT2D eigenvalue weighted by Crippen LogP contribution is -2.33. The molecule has 4 nitrogen and oxygen atoms in total. The molecule has 0 radical (unpaired) electrons. The zero-order valence-corrected chi connectivity index (χ0v) is 12.1. The highest BCUT2D eigenvalue weighted by molar-refractivity contribution is 7.92. The maximum absolute atomic E-state index is 12.6. The Balaban J connectivity index is 3.14. The molecule has 0 fully saturated rings. The summed E-state index contributed by atoms with van der Waals surface area (Å²) in [5.41, 5.74) is -6.08. The third-order valence-corrected chi connectivity index (χ3v) is 4.28. The molecule has 0 heterocycles. The van der Waals surface area contributed by atoms with Crippen molar-refractivity contribution in [3.63, 3.8) is 0 Å². The monoisotopic (exact) mass is 311 g/mol. The van der Waals surface area contributed by atoms with Gasteiger partial charge in [-0.15, -0.1) is 0 Å². The van der Waals surface area contributed by atoms with Crippen molar-refractivity contribution >= 4 is 15.5 Å². The Bertz CT molecular complexity index is 568. The fraction of sp³-hybridized carbons (Fsp3) is 0.500. The number of ether oxygens (including phenoxy) is 1. The molecule has 0 atom stereocenters. The summed E-state index contributed by atoms with van der Waals surface area (Å²) < 4.78 is 65.9. The molecule has 0 unspecified atom stereocenters. The number of hydrogen-bond acceptors (Lipinski definition) is 4. The van der Waals surface area contributed by atoms with Gasteiger partial charge in [0.25, 0.3) is 9.84 Å². The van der Waals surface area contributed by atoms with E-state index in [-0.39, 0.29) is 12.2 Å². The molecule has 1 N–H and O–H groups in total. The van der Waals surface area contributed by atoms with Crippen LogP contribution in [0.1, 0.15) is 13.8 Å². The first-order chi connectivity index (χ1) is 9.01. The molecule has 0 spiro atoms. The summed E-state index contributed by atoms with van der Waals surface area (Å²) in [4.78, 5) is -0.792. The second-order valence-electron chi connectivity index (χ2n) is 4.76. The number of sulfone groups is 1. The van der Waals surface area contributed by atoms with Gasteiger partial charge in [0.15, 0.2) is 0 Å². The lowest BCUT2D eigenvalue weighted by molar-refractivity contribution is -0.0435. The van der Waals surface area contributed by atoms with Gasteiger partial charge < -0.3 is 10.1 Å². The van der Waals surface area contributed by atoms with Crippen LogP contribution in [0.4, 0.5) is 18.9 Å². The van der Waals surface area contributed by atoms with Gasteiger partial charge in [0.2, 0.25) is 0 Å². The van der Waals surface area contributed by atoms with Crippen LogP contribution in [0, 0.1) is 0 Å². The van der Waals surface area contributed by atoms with Gasteiger partial charge in [0, 0.05) is 13.7 Å². The molecule has 0 saturated carbocycles. The van der Waals surface area contributed by atoms with Crippen LogP contribution in [0.15, 0.2) is 29.2 Å². The number of nitrogens with one attached hydrogen (secondary N) is 1. The first-order valence-electron chi connectivity index (χ1n) is 5.71. The highest BCUT2D eigenvalue weighted by Crippen LogP contribution is 2.34. The molecule has 0 aromatic heterocycles. The average molecular weight is 311 g/mol. The molecule has 0 saturated heterocycles. The van der Waals surface area contributed by atoms with E-state index < -0.39 is 25.8 Å². The van der Waals surface area contributed by atoms with E-state index >= 15 is 0 Å². The van der Waals surface area contributed by atoms with Crippen molar-refractivity contribution in [1.29, 1.82) is 0 Å². The van der Waals surface area contributed by atoms with Gasteiger partial charge in [-0.3, -0.25) is 0 Å². The minimum Gasteiger partial charge on any atom is -0.381 e. The van der Waals surface area contributed by atoms with Crippen LogP contribution in [0.25, 0.3) is 0 Å². The Labute approximate surface area is 115 Å². The van der Waals surface area contributed by atoms with Gasteiger partial charge in [-0.25, -0.2) is 8.42 Å². The van der Waals surface area contributed by atoms with E-state index in [0.717, 1.165) is 6.07 Å². The van der Waals surface area contributed by atoms with Crippen molar-refractivity contribution < 1.29 is 26.3 Å². The smallest absolute Gasteiger partial charge is 0.381 e. The minimum atomic E-state index is -5.38. The standard InChI is InChI=1S/C12H16F3NO3S/c1-11(2,19-3)8-16-9-6-4-5-7-10(9)20(17,18)12(13,14)15/h4-7,16H,8H2,1-3H3. The number of hydrogen-bond donors (Lipinski definition) is 1. The fourth-order valence-corrected chi connectivity index (χ4v) is 2.29. The predicted molar refractivity (Wildman–Crippen MR) is 69.3 cm³/mol. The summed E-state index contributed by atoms with van der Waals surface area (Å²) >= 11 is 0. The van der Waals surface area contributed by atoms with Crippen LogP contribution in [0.3, 0.4) is 0 Å². The summed E-state index contributed by atoms with van der Waals surface area (Å²) in [6.07, 6.45) is 0. The summed E-state index contributed by atoms with van der Waals surface area (Å²) in [5, 5.41) is 2.68. The predicted octanol–water partition coefficient (Wildman–Crippen LogP) is 2.82. The van der Waals surface area contributed by atoms with Gasteiger partial charge in [0.05, 0.1) is 16.2 Å². The largest absolute Gasteiger partial charge is 0.501 e. The zero-order valence-electron chi connectivity index (χ0n) is 11.3. The molecule has 8 heteroatoms. The van der Waals surface area contributed by atoms with Gasteiger partial charge >= 0.3 is 5.51 Å². The van der Waals surface area contributed by atoms with Crippen molar-refractivity contribution in [2.45, 2.75) is 29.9 Å². The zero-order chi connectivity index (χ0) is 15.6. The van der Waals surface area contributed by atoms with Gasteiger partial charge in [-0.2, -0.15) is 13.2 Å². The third kappa shape index (κ3) is 3.63. The van der Waals surface area contributed by atoms with Gasteiger partial charge in [-0.1, -0.05) is 12.1 Å². The first-order valence-corrected chi connectivity index (χ1v) is 7.19. The lowest BCUT2D eigenvalue weighted by Gasteiger charge is -2.24.